The first kappa shape index (κ1) is 15.6. The molecule has 1 aromatic carbocycles. The van der Waals surface area contributed by atoms with Crippen LogP contribution in [0.1, 0.15) is 20.8 Å². The summed E-state index contributed by atoms with van der Waals surface area (Å²) in [6, 6.07) is 4.94. The van der Waals surface area contributed by atoms with Crippen molar-refractivity contribution in [3.8, 4) is 5.75 Å². The van der Waals surface area contributed by atoms with Gasteiger partial charge in [-0.1, -0.05) is 13.8 Å². The summed E-state index contributed by atoms with van der Waals surface area (Å²) in [5.41, 5.74) is -0.117. The molecular formula is C13H15NO6. The summed E-state index contributed by atoms with van der Waals surface area (Å²) < 4.78 is 9.62. The molecular weight excluding hydrogens is 266 g/mol. The van der Waals surface area contributed by atoms with E-state index in [9.17, 15) is 19.7 Å². The van der Waals surface area contributed by atoms with Gasteiger partial charge in [0, 0.05) is 18.1 Å². The molecule has 1 unspecified atom stereocenters. The van der Waals surface area contributed by atoms with E-state index in [1.54, 1.807) is 13.8 Å². The lowest BCUT2D eigenvalue weighted by Gasteiger charge is -2.13. The normalized spacial score (nSPS) is 11.8. The molecule has 0 aromatic heterocycles. The summed E-state index contributed by atoms with van der Waals surface area (Å²) in [7, 11) is 0. The summed E-state index contributed by atoms with van der Waals surface area (Å²) in [5.74, 6) is -0.368. The van der Waals surface area contributed by atoms with Crippen LogP contribution >= 0.6 is 0 Å². The number of hydrogen-bond acceptors (Lipinski definition) is 6. The van der Waals surface area contributed by atoms with E-state index in [0.717, 1.165) is 0 Å². The van der Waals surface area contributed by atoms with Crippen molar-refractivity contribution in [1.29, 1.82) is 0 Å². The minimum absolute atomic E-state index is 0.102. The van der Waals surface area contributed by atoms with Crippen LogP contribution in [0, 0.1) is 16.0 Å². The van der Waals surface area contributed by atoms with Crippen molar-refractivity contribution in [2.75, 3.05) is 0 Å². The Kier molecular flexibility index (Phi) is 5.19. The largest absolute Gasteiger partial charge is 0.514 e. The lowest BCUT2D eigenvalue weighted by atomic mass is 10.1. The van der Waals surface area contributed by atoms with Crippen LogP contribution in [0.15, 0.2) is 24.3 Å². The lowest BCUT2D eigenvalue weighted by Crippen LogP contribution is -2.29. The van der Waals surface area contributed by atoms with E-state index < -0.39 is 17.2 Å². The number of carbonyl (C=O) groups excluding carboxylic acids is 2. The van der Waals surface area contributed by atoms with Crippen LogP contribution in [0.5, 0.6) is 5.75 Å². The molecule has 1 atom stereocenters. The van der Waals surface area contributed by atoms with E-state index in [1.165, 1.54) is 31.2 Å². The van der Waals surface area contributed by atoms with Crippen LogP contribution < -0.4 is 4.74 Å². The number of Topliss-reactive ketones (excluding diaryl/α,β-unsaturated/α-hetero) is 1. The van der Waals surface area contributed by atoms with Crippen LogP contribution in [0.2, 0.25) is 0 Å². The smallest absolute Gasteiger partial charge is 0.423 e. The molecule has 7 nitrogen and oxygen atoms in total. The Hall–Kier alpha value is -2.44. The fraction of sp³-hybridized carbons (Fsp3) is 0.385. The number of rotatable bonds is 5. The number of hydrogen-bond donors (Lipinski definition) is 0. The van der Waals surface area contributed by atoms with Crippen LogP contribution in [0.3, 0.4) is 0 Å². The quantitative estimate of drug-likeness (QED) is 0.356. The Morgan fingerprint density at radius 1 is 1.15 bits per heavy atom. The number of nitrogens with zero attached hydrogens (tertiary/aromatic N) is 1. The van der Waals surface area contributed by atoms with Gasteiger partial charge in [0.25, 0.3) is 5.69 Å². The molecule has 0 spiro atoms. The Bertz CT molecular complexity index is 508. The number of nitro groups is 1. The molecule has 0 saturated carbocycles. The van der Waals surface area contributed by atoms with E-state index in [2.05, 4.69) is 0 Å². The van der Waals surface area contributed by atoms with E-state index in [1.807, 2.05) is 0 Å². The second kappa shape index (κ2) is 6.65. The van der Waals surface area contributed by atoms with Crippen molar-refractivity contribution in [2.45, 2.75) is 26.9 Å². The van der Waals surface area contributed by atoms with Gasteiger partial charge in [-0.25, -0.2) is 4.79 Å². The standard InChI is InChI=1S/C13H15NO6/c1-8(2)12(15)9(3)19-13(16)20-11-6-4-10(5-7-11)14(17)18/h4-9H,1-3H3. The molecule has 0 amide bonds. The number of non-ortho nitro benzene ring substituents is 1. The van der Waals surface area contributed by atoms with Crippen LogP contribution in [0.4, 0.5) is 10.5 Å². The molecule has 0 radical (unpaired) electrons. The predicted molar refractivity (Wildman–Crippen MR) is 69.5 cm³/mol. The SMILES string of the molecule is CC(C)C(=O)C(C)OC(=O)Oc1ccc([N+](=O)[O-])cc1. The average molecular weight is 281 g/mol. The second-order valence-electron chi connectivity index (χ2n) is 4.42. The zero-order valence-electron chi connectivity index (χ0n) is 11.4. The summed E-state index contributed by atoms with van der Waals surface area (Å²) in [4.78, 5) is 32.9. The number of nitro benzene ring substituents is 1. The van der Waals surface area contributed by atoms with Gasteiger partial charge in [-0.05, 0) is 19.1 Å². The lowest BCUT2D eigenvalue weighted by molar-refractivity contribution is -0.384. The Morgan fingerprint density at radius 2 is 1.70 bits per heavy atom. The molecule has 0 fully saturated rings. The number of ether oxygens (including phenoxy) is 2. The third-order valence-corrected chi connectivity index (χ3v) is 2.49. The minimum Gasteiger partial charge on any atom is -0.423 e. The average Bonchev–Trinajstić information content (AvgIpc) is 2.37. The second-order valence-corrected chi connectivity index (χ2v) is 4.42. The van der Waals surface area contributed by atoms with E-state index in [4.69, 9.17) is 9.47 Å². The fourth-order valence-corrected chi connectivity index (χ4v) is 1.43. The number of ketones is 1. The van der Waals surface area contributed by atoms with Gasteiger partial charge < -0.3 is 9.47 Å². The molecule has 7 heteroatoms. The molecule has 0 aliphatic heterocycles. The van der Waals surface area contributed by atoms with Crippen molar-refractivity contribution in [3.63, 3.8) is 0 Å². The van der Waals surface area contributed by atoms with Crippen molar-refractivity contribution >= 4 is 17.6 Å². The third-order valence-electron chi connectivity index (χ3n) is 2.49. The maximum Gasteiger partial charge on any atom is 0.514 e. The number of benzene rings is 1. The minimum atomic E-state index is -1.03. The predicted octanol–water partition coefficient (Wildman–Crippen LogP) is 2.72. The van der Waals surface area contributed by atoms with Crippen LogP contribution in [-0.2, 0) is 9.53 Å². The van der Waals surface area contributed by atoms with Gasteiger partial charge in [0.1, 0.15) is 5.75 Å². The van der Waals surface area contributed by atoms with Crippen LogP contribution in [-0.4, -0.2) is 23.0 Å². The fourth-order valence-electron chi connectivity index (χ4n) is 1.43. The maximum absolute atomic E-state index is 11.5. The monoisotopic (exact) mass is 281 g/mol. The van der Waals surface area contributed by atoms with Crippen molar-refractivity contribution in [1.82, 2.24) is 0 Å². The summed E-state index contributed by atoms with van der Waals surface area (Å²) in [5, 5.41) is 10.5. The van der Waals surface area contributed by atoms with Gasteiger partial charge in [0.15, 0.2) is 11.9 Å². The van der Waals surface area contributed by atoms with Gasteiger partial charge in [0.2, 0.25) is 0 Å². The third kappa shape index (κ3) is 4.34. The Labute approximate surface area is 115 Å². The molecule has 0 aliphatic rings. The molecule has 1 rings (SSSR count). The van der Waals surface area contributed by atoms with Crippen LogP contribution in [0.25, 0.3) is 0 Å². The molecule has 0 saturated heterocycles. The number of carbonyl (C=O) groups is 2. The topological polar surface area (TPSA) is 95.7 Å². The van der Waals surface area contributed by atoms with Gasteiger partial charge in [-0.2, -0.15) is 0 Å². The van der Waals surface area contributed by atoms with Gasteiger partial charge in [-0.3, -0.25) is 14.9 Å². The van der Waals surface area contributed by atoms with E-state index in [-0.39, 0.29) is 23.1 Å². The summed E-state index contributed by atoms with van der Waals surface area (Å²) in [6.45, 7) is 4.85. The highest BCUT2D eigenvalue weighted by Gasteiger charge is 2.21. The first-order valence-corrected chi connectivity index (χ1v) is 5.98. The highest BCUT2D eigenvalue weighted by Crippen LogP contribution is 2.18. The highest BCUT2D eigenvalue weighted by molar-refractivity contribution is 5.86. The zero-order chi connectivity index (χ0) is 15.3. The van der Waals surface area contributed by atoms with Gasteiger partial charge >= 0.3 is 6.16 Å². The highest BCUT2D eigenvalue weighted by atomic mass is 16.7. The maximum atomic E-state index is 11.5. The molecule has 20 heavy (non-hydrogen) atoms. The molecule has 1 aromatic rings. The van der Waals surface area contributed by atoms with Crippen molar-refractivity contribution in [3.05, 3.63) is 34.4 Å². The van der Waals surface area contributed by atoms with E-state index >= 15 is 0 Å². The first-order chi connectivity index (χ1) is 9.31. The van der Waals surface area contributed by atoms with E-state index in [0.29, 0.717) is 0 Å². The van der Waals surface area contributed by atoms with Gasteiger partial charge in [0.05, 0.1) is 4.92 Å². The Balaban J connectivity index is 2.58. The van der Waals surface area contributed by atoms with Crippen molar-refractivity contribution in [2.24, 2.45) is 5.92 Å². The molecule has 0 bridgehead atoms. The molecule has 108 valence electrons. The Morgan fingerprint density at radius 3 is 2.15 bits per heavy atom. The zero-order valence-corrected chi connectivity index (χ0v) is 11.4. The molecule has 0 heterocycles. The first-order valence-electron chi connectivity index (χ1n) is 5.98. The summed E-state index contributed by atoms with van der Waals surface area (Å²) in [6.07, 6.45) is -1.93. The summed E-state index contributed by atoms with van der Waals surface area (Å²) >= 11 is 0. The van der Waals surface area contributed by atoms with Crippen molar-refractivity contribution < 1.29 is 24.0 Å². The molecule has 0 N–H and O–H groups in total. The molecule has 0 aliphatic carbocycles. The van der Waals surface area contributed by atoms with Gasteiger partial charge in [-0.15, -0.1) is 0 Å².